The lowest BCUT2D eigenvalue weighted by molar-refractivity contribution is -0.137. The highest BCUT2D eigenvalue weighted by molar-refractivity contribution is 6.19. The number of hydrogen-bond donors (Lipinski definition) is 0. The molecular weight excluding hydrogens is 345 g/mol. The summed E-state index contributed by atoms with van der Waals surface area (Å²) in [6.07, 6.45) is -1.27. The Morgan fingerprint density at radius 1 is 1.23 bits per heavy atom. The lowest BCUT2D eigenvalue weighted by Gasteiger charge is -2.42. The fourth-order valence-electron chi connectivity index (χ4n) is 4.16. The molecule has 3 atom stereocenters. The number of allylic oxidation sites excluding steroid dienone is 2. The first-order valence-electron chi connectivity index (χ1n) is 8.36. The van der Waals surface area contributed by atoms with Gasteiger partial charge in [-0.2, -0.15) is 23.3 Å². The lowest BCUT2D eigenvalue weighted by atomic mass is 9.59. The van der Waals surface area contributed by atoms with Crippen LogP contribution in [-0.2, 0) is 15.8 Å². The molecule has 0 saturated heterocycles. The molecule has 7 heteroatoms. The minimum atomic E-state index is -4.44. The van der Waals surface area contributed by atoms with Gasteiger partial charge in [-0.15, -0.1) is 0 Å². The van der Waals surface area contributed by atoms with Crippen molar-refractivity contribution < 1.29 is 22.8 Å². The Balaban J connectivity index is 2.01. The van der Waals surface area contributed by atoms with Crippen molar-refractivity contribution in [3.05, 3.63) is 41.5 Å². The SMILES string of the molecule is CC1=NN(c2ccc(C(F)(F)F)cc2)C(=O)[C@@]12[C@H](C)CC=C(C=O)[C@H]2C. The monoisotopic (exact) mass is 364 g/mol. The number of carbonyl (C=O) groups excluding carboxylic acids is 2. The molecule has 3 rings (SSSR count). The summed E-state index contributed by atoms with van der Waals surface area (Å²) in [6.45, 7) is 5.49. The molecule has 1 spiro atoms. The average Bonchev–Trinajstić information content (AvgIpc) is 2.85. The molecule has 2 aliphatic rings. The summed E-state index contributed by atoms with van der Waals surface area (Å²) in [5, 5.41) is 5.52. The van der Waals surface area contributed by atoms with Crippen molar-refractivity contribution >= 4 is 23.6 Å². The summed E-state index contributed by atoms with van der Waals surface area (Å²) in [7, 11) is 0. The number of benzene rings is 1. The fourth-order valence-corrected chi connectivity index (χ4v) is 4.16. The molecule has 1 aromatic carbocycles. The van der Waals surface area contributed by atoms with Crippen LogP contribution in [-0.4, -0.2) is 17.9 Å². The minimum absolute atomic E-state index is 0.0723. The van der Waals surface area contributed by atoms with Gasteiger partial charge in [-0.1, -0.05) is 19.9 Å². The molecule has 0 aromatic heterocycles. The maximum Gasteiger partial charge on any atom is 0.416 e. The van der Waals surface area contributed by atoms with E-state index in [1.54, 1.807) is 6.92 Å². The van der Waals surface area contributed by atoms with Crippen molar-refractivity contribution in [1.82, 2.24) is 0 Å². The second-order valence-electron chi connectivity index (χ2n) is 6.90. The number of rotatable bonds is 2. The predicted octanol–water partition coefficient (Wildman–Crippen LogP) is 4.22. The quantitative estimate of drug-likeness (QED) is 0.738. The molecule has 1 amide bonds. The minimum Gasteiger partial charge on any atom is -0.298 e. The molecule has 0 fully saturated rings. The van der Waals surface area contributed by atoms with Gasteiger partial charge in [-0.25, -0.2) is 0 Å². The van der Waals surface area contributed by atoms with Crippen molar-refractivity contribution in [2.24, 2.45) is 22.4 Å². The van der Waals surface area contributed by atoms with E-state index in [2.05, 4.69) is 5.10 Å². The summed E-state index contributed by atoms with van der Waals surface area (Å²) in [6, 6.07) is 4.35. The topological polar surface area (TPSA) is 49.7 Å². The van der Waals surface area contributed by atoms with Crippen LogP contribution >= 0.6 is 0 Å². The normalized spacial score (nSPS) is 29.0. The number of amides is 1. The number of aldehydes is 1. The van der Waals surface area contributed by atoms with Crippen LogP contribution in [0.25, 0.3) is 0 Å². The van der Waals surface area contributed by atoms with Gasteiger partial charge in [0.2, 0.25) is 0 Å². The zero-order valence-electron chi connectivity index (χ0n) is 14.7. The van der Waals surface area contributed by atoms with Crippen LogP contribution in [0.1, 0.15) is 32.8 Å². The van der Waals surface area contributed by atoms with Crippen LogP contribution in [0.5, 0.6) is 0 Å². The Morgan fingerprint density at radius 3 is 2.38 bits per heavy atom. The average molecular weight is 364 g/mol. The van der Waals surface area contributed by atoms with E-state index in [-0.39, 0.29) is 23.4 Å². The Bertz CT molecular complexity index is 811. The second-order valence-corrected chi connectivity index (χ2v) is 6.90. The Labute approximate surface area is 149 Å². The number of hydrogen-bond acceptors (Lipinski definition) is 3. The van der Waals surface area contributed by atoms with E-state index >= 15 is 0 Å². The largest absolute Gasteiger partial charge is 0.416 e. The highest BCUT2D eigenvalue weighted by Crippen LogP contribution is 2.50. The summed E-state index contributed by atoms with van der Waals surface area (Å²) in [5.41, 5.74) is -0.321. The molecule has 1 heterocycles. The Hall–Kier alpha value is -2.44. The molecular formula is C19H19F3N2O2. The van der Waals surface area contributed by atoms with E-state index in [1.807, 2.05) is 19.9 Å². The van der Waals surface area contributed by atoms with Crippen LogP contribution in [0.15, 0.2) is 41.0 Å². The zero-order valence-corrected chi connectivity index (χ0v) is 14.7. The van der Waals surface area contributed by atoms with Crippen molar-refractivity contribution in [3.63, 3.8) is 0 Å². The van der Waals surface area contributed by atoms with Gasteiger partial charge < -0.3 is 0 Å². The van der Waals surface area contributed by atoms with Gasteiger partial charge in [0.25, 0.3) is 5.91 Å². The Kier molecular flexibility index (Phi) is 4.29. The molecule has 4 nitrogen and oxygen atoms in total. The molecule has 0 unspecified atom stereocenters. The van der Waals surface area contributed by atoms with Crippen molar-refractivity contribution in [1.29, 1.82) is 0 Å². The maximum atomic E-state index is 13.3. The first-order valence-corrected chi connectivity index (χ1v) is 8.36. The number of halogens is 3. The molecule has 0 bridgehead atoms. The molecule has 1 aliphatic carbocycles. The van der Waals surface area contributed by atoms with E-state index in [0.29, 0.717) is 17.7 Å². The first kappa shape index (κ1) is 18.4. The van der Waals surface area contributed by atoms with Gasteiger partial charge in [-0.3, -0.25) is 9.59 Å². The first-order chi connectivity index (χ1) is 12.1. The number of anilines is 1. The molecule has 1 aliphatic heterocycles. The van der Waals surface area contributed by atoms with E-state index in [1.165, 1.54) is 12.1 Å². The van der Waals surface area contributed by atoms with Crippen LogP contribution in [0.2, 0.25) is 0 Å². The lowest BCUT2D eigenvalue weighted by Crippen LogP contribution is -2.51. The van der Waals surface area contributed by atoms with Gasteiger partial charge in [0.1, 0.15) is 11.7 Å². The molecule has 0 N–H and O–H groups in total. The predicted molar refractivity (Wildman–Crippen MR) is 91.6 cm³/mol. The molecule has 138 valence electrons. The maximum absolute atomic E-state index is 13.3. The number of carbonyl (C=O) groups is 2. The van der Waals surface area contributed by atoms with Crippen LogP contribution in [0.3, 0.4) is 0 Å². The van der Waals surface area contributed by atoms with Gasteiger partial charge in [0.05, 0.1) is 17.0 Å². The second kappa shape index (κ2) is 6.07. The summed E-state index contributed by atoms with van der Waals surface area (Å²) in [5.74, 6) is -0.724. The summed E-state index contributed by atoms with van der Waals surface area (Å²) >= 11 is 0. The number of hydrazone groups is 1. The smallest absolute Gasteiger partial charge is 0.298 e. The van der Waals surface area contributed by atoms with E-state index < -0.39 is 17.2 Å². The molecule has 1 aromatic rings. The third kappa shape index (κ3) is 2.48. The van der Waals surface area contributed by atoms with Crippen LogP contribution in [0.4, 0.5) is 18.9 Å². The molecule has 26 heavy (non-hydrogen) atoms. The van der Waals surface area contributed by atoms with Crippen molar-refractivity contribution in [2.45, 2.75) is 33.4 Å². The van der Waals surface area contributed by atoms with Gasteiger partial charge >= 0.3 is 6.18 Å². The third-order valence-corrected chi connectivity index (χ3v) is 5.64. The number of alkyl halides is 3. The Morgan fingerprint density at radius 2 is 1.85 bits per heavy atom. The highest BCUT2D eigenvalue weighted by atomic mass is 19.4. The van der Waals surface area contributed by atoms with Crippen molar-refractivity contribution in [3.8, 4) is 0 Å². The standard InChI is InChI=1S/C19H19F3N2O2/c1-11-4-5-14(10-25)12(2)18(11)13(3)23-24(17(18)26)16-8-6-15(7-9-16)19(20,21)22/h5-12H,4H2,1-3H3/t11-,12-,18-/m1/s1. The highest BCUT2D eigenvalue weighted by Gasteiger charge is 2.58. The third-order valence-electron chi connectivity index (χ3n) is 5.64. The summed E-state index contributed by atoms with van der Waals surface area (Å²) < 4.78 is 38.3. The molecule has 0 radical (unpaired) electrons. The number of nitrogens with zero attached hydrogens (tertiary/aromatic N) is 2. The fraction of sp³-hybridized carbons (Fsp3) is 0.421. The summed E-state index contributed by atoms with van der Waals surface area (Å²) in [4.78, 5) is 24.7. The van der Waals surface area contributed by atoms with Gasteiger partial charge in [-0.05, 0) is 49.1 Å². The molecule has 0 saturated carbocycles. The van der Waals surface area contributed by atoms with Gasteiger partial charge in [0, 0.05) is 5.92 Å². The van der Waals surface area contributed by atoms with Crippen LogP contribution < -0.4 is 5.01 Å². The van der Waals surface area contributed by atoms with E-state index in [4.69, 9.17) is 0 Å². The van der Waals surface area contributed by atoms with E-state index in [9.17, 15) is 22.8 Å². The zero-order chi connectivity index (χ0) is 19.3. The van der Waals surface area contributed by atoms with Crippen molar-refractivity contribution in [2.75, 3.05) is 5.01 Å². The van der Waals surface area contributed by atoms with Gasteiger partial charge in [0.15, 0.2) is 0 Å². The van der Waals surface area contributed by atoms with E-state index in [0.717, 1.165) is 23.4 Å². The van der Waals surface area contributed by atoms with Crippen LogP contribution in [0, 0.1) is 17.3 Å².